The molecule has 6 heteroatoms. The van der Waals surface area contributed by atoms with E-state index >= 15 is 0 Å². The summed E-state index contributed by atoms with van der Waals surface area (Å²) in [6, 6.07) is 13.3. The Kier molecular flexibility index (Phi) is 8.43. The SMILES string of the molecule is C=N.CN=Cc1ccccc1O.CNc1nc(C)c2cc(C)ccc2n1. The van der Waals surface area contributed by atoms with Crippen molar-refractivity contribution in [2.45, 2.75) is 13.8 Å². The van der Waals surface area contributed by atoms with Crippen molar-refractivity contribution in [2.75, 3.05) is 19.4 Å². The number of aliphatic imine (C=N–C) groups is 1. The Balaban J connectivity index is 0.000000249. The van der Waals surface area contributed by atoms with E-state index in [0.717, 1.165) is 22.2 Å². The zero-order valence-electron chi connectivity index (χ0n) is 15.6. The van der Waals surface area contributed by atoms with Gasteiger partial charge in [0.05, 0.1) is 11.2 Å². The first-order valence-corrected chi connectivity index (χ1v) is 8.03. The molecule has 0 bridgehead atoms. The number of aryl methyl sites for hydroxylation is 2. The average molecular weight is 351 g/mol. The molecule has 0 radical (unpaired) electrons. The summed E-state index contributed by atoms with van der Waals surface area (Å²) in [5.41, 5.74) is 4.00. The summed E-state index contributed by atoms with van der Waals surface area (Å²) in [4.78, 5) is 12.5. The van der Waals surface area contributed by atoms with E-state index in [1.54, 1.807) is 25.4 Å². The monoisotopic (exact) mass is 351 g/mol. The van der Waals surface area contributed by atoms with Crippen molar-refractivity contribution in [1.82, 2.24) is 9.97 Å². The van der Waals surface area contributed by atoms with Gasteiger partial charge in [0.15, 0.2) is 0 Å². The van der Waals surface area contributed by atoms with E-state index in [9.17, 15) is 0 Å². The Hall–Kier alpha value is -3.28. The topological polar surface area (TPSA) is 94.2 Å². The van der Waals surface area contributed by atoms with Crippen molar-refractivity contribution >= 4 is 29.8 Å². The van der Waals surface area contributed by atoms with E-state index in [2.05, 4.69) is 46.1 Å². The first-order valence-electron chi connectivity index (χ1n) is 8.03. The van der Waals surface area contributed by atoms with Gasteiger partial charge in [0.25, 0.3) is 0 Å². The Bertz CT molecular complexity index is 877. The molecule has 0 saturated heterocycles. The Labute approximate surface area is 154 Å². The molecule has 1 aromatic heterocycles. The van der Waals surface area contributed by atoms with Gasteiger partial charge >= 0.3 is 0 Å². The molecule has 1 heterocycles. The quantitative estimate of drug-likeness (QED) is 0.608. The number of fused-ring (bicyclic) bond motifs is 1. The van der Waals surface area contributed by atoms with Crippen LogP contribution in [0.3, 0.4) is 0 Å². The van der Waals surface area contributed by atoms with Crippen molar-refractivity contribution in [2.24, 2.45) is 4.99 Å². The van der Waals surface area contributed by atoms with Crippen molar-refractivity contribution in [3.05, 3.63) is 59.3 Å². The summed E-state index contributed by atoms with van der Waals surface area (Å²) >= 11 is 0. The van der Waals surface area contributed by atoms with Gasteiger partial charge < -0.3 is 15.8 Å². The summed E-state index contributed by atoms with van der Waals surface area (Å²) in [5, 5.41) is 18.7. The number of phenols is 1. The summed E-state index contributed by atoms with van der Waals surface area (Å²) in [7, 11) is 3.50. The van der Waals surface area contributed by atoms with Crippen molar-refractivity contribution < 1.29 is 5.11 Å². The van der Waals surface area contributed by atoms with E-state index in [-0.39, 0.29) is 5.75 Å². The maximum atomic E-state index is 9.15. The smallest absolute Gasteiger partial charge is 0.223 e. The van der Waals surface area contributed by atoms with Crippen LogP contribution in [0.25, 0.3) is 10.9 Å². The van der Waals surface area contributed by atoms with Gasteiger partial charge in [0.2, 0.25) is 5.95 Å². The number of hydrogen-bond donors (Lipinski definition) is 3. The van der Waals surface area contributed by atoms with Crippen LogP contribution in [0.1, 0.15) is 16.8 Å². The number of nitrogens with zero attached hydrogens (tertiary/aromatic N) is 3. The van der Waals surface area contributed by atoms with E-state index in [1.165, 1.54) is 5.56 Å². The minimum absolute atomic E-state index is 0.271. The van der Waals surface area contributed by atoms with Crippen LogP contribution < -0.4 is 5.32 Å². The molecule has 6 nitrogen and oxygen atoms in total. The second-order valence-electron chi connectivity index (χ2n) is 5.35. The maximum Gasteiger partial charge on any atom is 0.223 e. The lowest BCUT2D eigenvalue weighted by molar-refractivity contribution is 0.474. The standard InChI is InChI=1S/C11H13N3.C8H9NO.CH3N/c1-7-4-5-10-9(6-7)8(2)13-11(12-3)14-10;1-9-6-7-4-2-3-5-8(7)10;1-2/h4-6H,1-3H3,(H,12,13,14);2-6,10H,1H3;2H,1H2. The zero-order chi connectivity index (χ0) is 19.5. The number of benzene rings is 2. The Morgan fingerprint density at radius 2 is 1.81 bits per heavy atom. The fourth-order valence-electron chi connectivity index (χ4n) is 2.24. The van der Waals surface area contributed by atoms with Gasteiger partial charge in [-0.25, -0.2) is 9.97 Å². The molecular weight excluding hydrogens is 326 g/mol. The molecule has 2 aromatic carbocycles. The molecule has 0 amide bonds. The van der Waals surface area contributed by atoms with Crippen LogP contribution in [0.4, 0.5) is 5.95 Å². The summed E-state index contributed by atoms with van der Waals surface area (Å²) in [6.07, 6.45) is 1.62. The Morgan fingerprint density at radius 1 is 1.12 bits per heavy atom. The minimum Gasteiger partial charge on any atom is -0.507 e. The molecule has 0 fully saturated rings. The molecule has 136 valence electrons. The minimum atomic E-state index is 0.271. The molecule has 0 unspecified atom stereocenters. The fraction of sp³-hybridized carbons (Fsp3) is 0.200. The third kappa shape index (κ3) is 5.66. The molecule has 0 spiro atoms. The van der Waals surface area contributed by atoms with Gasteiger partial charge in [-0.2, -0.15) is 0 Å². The van der Waals surface area contributed by atoms with E-state index in [0.29, 0.717) is 5.95 Å². The fourth-order valence-corrected chi connectivity index (χ4v) is 2.24. The van der Waals surface area contributed by atoms with Crippen LogP contribution in [0.5, 0.6) is 5.75 Å². The number of para-hydroxylation sites is 1. The molecule has 0 atom stereocenters. The van der Waals surface area contributed by atoms with Gasteiger partial charge in [-0.05, 0) is 44.8 Å². The number of phenolic OH excluding ortho intramolecular Hbond substituents is 1. The summed E-state index contributed by atoms with van der Waals surface area (Å²) in [5.74, 6) is 0.951. The van der Waals surface area contributed by atoms with Crippen molar-refractivity contribution in [1.29, 1.82) is 5.41 Å². The summed E-state index contributed by atoms with van der Waals surface area (Å²) < 4.78 is 0. The average Bonchev–Trinajstić information content (AvgIpc) is 2.66. The number of anilines is 1. The first kappa shape index (κ1) is 20.8. The third-order valence-corrected chi connectivity index (χ3v) is 3.47. The molecule has 0 saturated carbocycles. The highest BCUT2D eigenvalue weighted by molar-refractivity contribution is 5.83. The highest BCUT2D eigenvalue weighted by Gasteiger charge is 2.02. The highest BCUT2D eigenvalue weighted by Crippen LogP contribution is 2.18. The van der Waals surface area contributed by atoms with Crippen LogP contribution >= 0.6 is 0 Å². The van der Waals surface area contributed by atoms with Crippen LogP contribution in [0, 0.1) is 19.3 Å². The molecule has 3 N–H and O–H groups in total. The number of rotatable bonds is 2. The molecular formula is C20H25N5O. The number of nitrogens with one attached hydrogen (secondary N) is 2. The molecule has 3 rings (SSSR count). The normalized spacial score (nSPS) is 9.85. The lowest BCUT2D eigenvalue weighted by Crippen LogP contribution is -1.98. The van der Waals surface area contributed by atoms with Gasteiger partial charge in [0, 0.05) is 31.3 Å². The molecule has 0 aliphatic rings. The van der Waals surface area contributed by atoms with Crippen LogP contribution in [0.2, 0.25) is 0 Å². The van der Waals surface area contributed by atoms with E-state index in [1.807, 2.05) is 32.2 Å². The zero-order valence-corrected chi connectivity index (χ0v) is 15.6. The predicted octanol–water partition coefficient (Wildman–Crippen LogP) is 4.00. The van der Waals surface area contributed by atoms with Gasteiger partial charge in [-0.15, -0.1) is 0 Å². The third-order valence-electron chi connectivity index (χ3n) is 3.47. The maximum absolute atomic E-state index is 9.15. The van der Waals surface area contributed by atoms with Crippen LogP contribution in [-0.2, 0) is 0 Å². The second-order valence-corrected chi connectivity index (χ2v) is 5.35. The number of aromatic nitrogens is 2. The lowest BCUT2D eigenvalue weighted by atomic mass is 10.1. The van der Waals surface area contributed by atoms with Crippen molar-refractivity contribution in [3.63, 3.8) is 0 Å². The predicted molar refractivity (Wildman–Crippen MR) is 110 cm³/mol. The Morgan fingerprint density at radius 3 is 2.42 bits per heavy atom. The highest BCUT2D eigenvalue weighted by atomic mass is 16.3. The first-order chi connectivity index (χ1) is 12.5. The lowest BCUT2D eigenvalue weighted by Gasteiger charge is -2.05. The van der Waals surface area contributed by atoms with E-state index in [4.69, 9.17) is 10.5 Å². The summed E-state index contributed by atoms with van der Waals surface area (Å²) in [6.45, 7) is 6.58. The number of hydrogen-bond acceptors (Lipinski definition) is 6. The molecule has 0 aliphatic heterocycles. The van der Waals surface area contributed by atoms with Crippen LogP contribution in [-0.4, -0.2) is 42.1 Å². The van der Waals surface area contributed by atoms with Crippen molar-refractivity contribution in [3.8, 4) is 5.75 Å². The molecule has 0 aliphatic carbocycles. The molecule has 3 aromatic rings. The van der Waals surface area contributed by atoms with Crippen LogP contribution in [0.15, 0.2) is 47.5 Å². The second kappa shape index (κ2) is 10.6. The molecule has 26 heavy (non-hydrogen) atoms. The van der Waals surface area contributed by atoms with Gasteiger partial charge in [-0.1, -0.05) is 23.8 Å². The van der Waals surface area contributed by atoms with E-state index < -0.39 is 0 Å². The largest absolute Gasteiger partial charge is 0.507 e. The van der Waals surface area contributed by atoms with Gasteiger partial charge in [0.1, 0.15) is 5.75 Å². The number of aromatic hydroxyl groups is 1. The van der Waals surface area contributed by atoms with Gasteiger partial charge in [-0.3, -0.25) is 4.99 Å².